The summed E-state index contributed by atoms with van der Waals surface area (Å²) in [7, 11) is 0. The monoisotopic (exact) mass is 264 g/mol. The molecule has 0 fully saturated rings. The molecule has 1 atom stereocenters. The Labute approximate surface area is 105 Å². The Morgan fingerprint density at radius 3 is 2.56 bits per heavy atom. The normalized spacial score (nSPS) is 12.2. The lowest BCUT2D eigenvalue weighted by Gasteiger charge is -2.10. The highest BCUT2D eigenvalue weighted by molar-refractivity contribution is 7.13. The molecule has 0 saturated carbocycles. The van der Waals surface area contributed by atoms with Crippen molar-refractivity contribution < 1.29 is 4.92 Å². The fourth-order valence-corrected chi connectivity index (χ4v) is 2.10. The second-order valence-corrected chi connectivity index (χ2v) is 4.94. The van der Waals surface area contributed by atoms with Crippen LogP contribution in [0.25, 0.3) is 0 Å². The Balaban J connectivity index is 0.00000225. The molecule has 0 aliphatic rings. The number of nitrogens with zero attached hydrogens (tertiary/aromatic N) is 1. The highest BCUT2D eigenvalue weighted by Crippen LogP contribution is 2.28. The van der Waals surface area contributed by atoms with Crippen molar-refractivity contribution in [1.82, 2.24) is 0 Å². The summed E-state index contributed by atoms with van der Waals surface area (Å²) in [5, 5.41) is 12.4. The van der Waals surface area contributed by atoms with Gasteiger partial charge in [-0.05, 0) is 24.3 Å². The summed E-state index contributed by atoms with van der Waals surface area (Å²) < 4.78 is 0. The average molecular weight is 265 g/mol. The minimum atomic E-state index is -0.372. The van der Waals surface area contributed by atoms with E-state index in [1.807, 2.05) is 0 Å². The van der Waals surface area contributed by atoms with Crippen LogP contribution in [0, 0.1) is 16.0 Å². The van der Waals surface area contributed by atoms with Crippen LogP contribution in [0.4, 0.5) is 5.00 Å². The Bertz CT molecular complexity index is 341. The SMILES string of the molecule is CC(C)CC[C@H](N)c1csc([N+](=O)[O-])c1.Cl. The van der Waals surface area contributed by atoms with Gasteiger partial charge in [0.1, 0.15) is 0 Å². The van der Waals surface area contributed by atoms with Crippen LogP contribution < -0.4 is 5.73 Å². The maximum absolute atomic E-state index is 10.5. The zero-order chi connectivity index (χ0) is 11.4. The Morgan fingerprint density at radius 2 is 2.12 bits per heavy atom. The lowest BCUT2D eigenvalue weighted by molar-refractivity contribution is -0.380. The molecule has 6 heteroatoms. The van der Waals surface area contributed by atoms with Gasteiger partial charge in [-0.3, -0.25) is 10.1 Å². The smallest absolute Gasteiger partial charge is 0.324 e. The molecule has 1 heterocycles. The molecule has 1 aromatic rings. The van der Waals surface area contributed by atoms with Gasteiger partial charge in [0.25, 0.3) is 0 Å². The molecular formula is C10H17ClN2O2S. The van der Waals surface area contributed by atoms with Crippen molar-refractivity contribution in [3.63, 3.8) is 0 Å². The van der Waals surface area contributed by atoms with Crippen LogP contribution in [-0.4, -0.2) is 4.92 Å². The first-order valence-electron chi connectivity index (χ1n) is 4.99. The summed E-state index contributed by atoms with van der Waals surface area (Å²) >= 11 is 1.14. The van der Waals surface area contributed by atoms with Gasteiger partial charge in [0.05, 0.1) is 4.92 Å². The second kappa shape index (κ2) is 6.83. The highest BCUT2D eigenvalue weighted by atomic mass is 35.5. The van der Waals surface area contributed by atoms with Crippen molar-refractivity contribution in [3.05, 3.63) is 27.1 Å². The molecule has 16 heavy (non-hydrogen) atoms. The van der Waals surface area contributed by atoms with Crippen LogP contribution in [0.5, 0.6) is 0 Å². The van der Waals surface area contributed by atoms with E-state index in [2.05, 4.69) is 13.8 Å². The molecule has 2 N–H and O–H groups in total. The predicted octanol–water partition coefficient (Wildman–Crippen LogP) is 3.51. The summed E-state index contributed by atoms with van der Waals surface area (Å²) in [4.78, 5) is 10.1. The summed E-state index contributed by atoms with van der Waals surface area (Å²) in [5.41, 5.74) is 6.82. The van der Waals surface area contributed by atoms with Crippen molar-refractivity contribution in [2.24, 2.45) is 11.7 Å². The van der Waals surface area contributed by atoms with Gasteiger partial charge in [-0.25, -0.2) is 0 Å². The van der Waals surface area contributed by atoms with Crippen LogP contribution in [0.2, 0.25) is 0 Å². The number of thiophene rings is 1. The van der Waals surface area contributed by atoms with Crippen LogP contribution in [0.15, 0.2) is 11.4 Å². The molecule has 0 radical (unpaired) electrons. The molecule has 1 rings (SSSR count). The van der Waals surface area contributed by atoms with E-state index in [1.54, 1.807) is 11.4 Å². The molecule has 4 nitrogen and oxygen atoms in total. The molecular weight excluding hydrogens is 248 g/mol. The van der Waals surface area contributed by atoms with Gasteiger partial charge >= 0.3 is 5.00 Å². The highest BCUT2D eigenvalue weighted by Gasteiger charge is 2.14. The molecule has 92 valence electrons. The fraction of sp³-hybridized carbons (Fsp3) is 0.600. The summed E-state index contributed by atoms with van der Waals surface area (Å²) in [6.07, 6.45) is 1.93. The molecule has 0 saturated heterocycles. The lowest BCUT2D eigenvalue weighted by Crippen LogP contribution is -2.10. The fourth-order valence-electron chi connectivity index (χ4n) is 1.31. The van der Waals surface area contributed by atoms with Gasteiger partial charge in [0.15, 0.2) is 0 Å². The maximum atomic E-state index is 10.5. The topological polar surface area (TPSA) is 69.2 Å². The third kappa shape index (κ3) is 4.47. The number of nitro groups is 1. The molecule has 0 amide bonds. The van der Waals surface area contributed by atoms with E-state index in [-0.39, 0.29) is 28.4 Å². The van der Waals surface area contributed by atoms with Crippen LogP contribution >= 0.6 is 23.7 Å². The third-order valence-corrected chi connectivity index (χ3v) is 3.17. The van der Waals surface area contributed by atoms with E-state index in [4.69, 9.17) is 5.73 Å². The number of hydrogen-bond donors (Lipinski definition) is 1. The number of nitrogens with two attached hydrogens (primary N) is 1. The van der Waals surface area contributed by atoms with E-state index >= 15 is 0 Å². The van der Waals surface area contributed by atoms with Crippen molar-refractivity contribution in [3.8, 4) is 0 Å². The molecule has 0 spiro atoms. The quantitative estimate of drug-likeness (QED) is 0.653. The lowest BCUT2D eigenvalue weighted by atomic mass is 10.0. The zero-order valence-corrected chi connectivity index (χ0v) is 11.0. The van der Waals surface area contributed by atoms with E-state index in [1.165, 1.54) is 0 Å². The van der Waals surface area contributed by atoms with Gasteiger partial charge in [-0.1, -0.05) is 25.2 Å². The average Bonchev–Trinajstić information content (AvgIpc) is 2.62. The van der Waals surface area contributed by atoms with Crippen molar-refractivity contribution in [1.29, 1.82) is 0 Å². The largest absolute Gasteiger partial charge is 0.324 e. The summed E-state index contributed by atoms with van der Waals surface area (Å²) in [5.74, 6) is 0.615. The van der Waals surface area contributed by atoms with Crippen LogP contribution in [-0.2, 0) is 0 Å². The minimum absolute atomic E-state index is 0. The van der Waals surface area contributed by atoms with Crippen LogP contribution in [0.1, 0.15) is 38.3 Å². The van der Waals surface area contributed by atoms with Crippen molar-refractivity contribution >= 4 is 28.7 Å². The molecule has 0 unspecified atom stereocenters. The summed E-state index contributed by atoms with van der Waals surface area (Å²) in [6.45, 7) is 4.28. The minimum Gasteiger partial charge on any atom is -0.324 e. The predicted molar refractivity (Wildman–Crippen MR) is 69.2 cm³/mol. The van der Waals surface area contributed by atoms with Gasteiger partial charge in [0, 0.05) is 17.5 Å². The van der Waals surface area contributed by atoms with Gasteiger partial charge in [0.2, 0.25) is 0 Å². The molecule has 0 aliphatic carbocycles. The van der Waals surface area contributed by atoms with Crippen molar-refractivity contribution in [2.45, 2.75) is 32.7 Å². The Hall–Kier alpha value is -0.650. The summed E-state index contributed by atoms with van der Waals surface area (Å²) in [6, 6.07) is 1.51. The van der Waals surface area contributed by atoms with E-state index in [0.717, 1.165) is 29.7 Å². The van der Waals surface area contributed by atoms with Gasteiger partial charge < -0.3 is 5.73 Å². The van der Waals surface area contributed by atoms with Crippen molar-refractivity contribution in [2.75, 3.05) is 0 Å². The number of halogens is 1. The molecule has 1 aromatic heterocycles. The Morgan fingerprint density at radius 1 is 1.50 bits per heavy atom. The van der Waals surface area contributed by atoms with E-state index in [9.17, 15) is 10.1 Å². The number of rotatable bonds is 5. The third-order valence-electron chi connectivity index (χ3n) is 2.27. The Kier molecular flexibility index (Phi) is 6.55. The maximum Gasteiger partial charge on any atom is 0.324 e. The molecule has 0 bridgehead atoms. The standard InChI is InChI=1S/C10H16N2O2S.ClH/c1-7(2)3-4-9(11)8-5-10(12(13)14)15-6-8;/h5-7,9H,3-4,11H2,1-2H3;1H/t9-;/m0./s1. The van der Waals surface area contributed by atoms with E-state index < -0.39 is 0 Å². The first-order valence-corrected chi connectivity index (χ1v) is 5.87. The molecule has 0 aliphatic heterocycles. The van der Waals surface area contributed by atoms with Crippen LogP contribution in [0.3, 0.4) is 0 Å². The number of hydrogen-bond acceptors (Lipinski definition) is 4. The second-order valence-electron chi connectivity index (χ2n) is 4.05. The van der Waals surface area contributed by atoms with Gasteiger partial charge in [-0.15, -0.1) is 12.4 Å². The van der Waals surface area contributed by atoms with Gasteiger partial charge in [-0.2, -0.15) is 0 Å². The first-order chi connectivity index (χ1) is 7.00. The molecule has 0 aromatic carbocycles. The zero-order valence-electron chi connectivity index (χ0n) is 9.38. The van der Waals surface area contributed by atoms with E-state index in [0.29, 0.717) is 5.92 Å². The first kappa shape index (κ1) is 15.3.